The van der Waals surface area contributed by atoms with E-state index in [0.717, 1.165) is 6.42 Å². The number of nitrogens with two attached hydrogens (primary N) is 1. The van der Waals surface area contributed by atoms with E-state index in [-0.39, 0.29) is 11.8 Å². The molecule has 3 N–H and O–H groups in total. The maximum absolute atomic E-state index is 11.2. The molecule has 4 nitrogen and oxygen atoms in total. The van der Waals surface area contributed by atoms with E-state index >= 15 is 0 Å². The second-order valence-electron chi connectivity index (χ2n) is 2.54. The normalized spacial score (nSPS) is 11.8. The summed E-state index contributed by atoms with van der Waals surface area (Å²) in [6.07, 6.45) is 1.10. The molecule has 0 aliphatic rings. The molecule has 0 aromatic carbocycles. The highest BCUT2D eigenvalue weighted by Gasteiger charge is 2.12. The van der Waals surface area contributed by atoms with Gasteiger partial charge in [0.25, 0.3) is 0 Å². The molecule has 12 heavy (non-hydrogen) atoms. The van der Waals surface area contributed by atoms with Crippen LogP contribution < -0.4 is 11.1 Å². The molecule has 1 amide bonds. The Labute approximate surface area is 72.7 Å². The van der Waals surface area contributed by atoms with Gasteiger partial charge in [0, 0.05) is 19.0 Å². The molecule has 0 radical (unpaired) electrons. The van der Waals surface area contributed by atoms with E-state index in [4.69, 9.17) is 11.0 Å². The molecule has 0 aromatic heterocycles. The van der Waals surface area contributed by atoms with Crippen molar-refractivity contribution in [3.63, 3.8) is 0 Å². The standard InChI is InChI=1S/C8H15N3O/c1-2-7(6-10)8(12)11-5-3-4-9/h7H,2-3,5-6,10H2,1H3,(H,11,12). The highest BCUT2D eigenvalue weighted by Crippen LogP contribution is 1.98. The molecular weight excluding hydrogens is 154 g/mol. The summed E-state index contributed by atoms with van der Waals surface area (Å²) in [4.78, 5) is 11.2. The third-order valence-electron chi connectivity index (χ3n) is 1.68. The van der Waals surface area contributed by atoms with Crippen LogP contribution in [-0.4, -0.2) is 19.0 Å². The molecule has 0 spiro atoms. The molecule has 0 aliphatic heterocycles. The SMILES string of the molecule is CCC(CN)C(=O)NCCC#N. The van der Waals surface area contributed by atoms with E-state index < -0.39 is 0 Å². The molecule has 68 valence electrons. The minimum atomic E-state index is -0.108. The van der Waals surface area contributed by atoms with Crippen LogP contribution >= 0.6 is 0 Å². The molecule has 0 bridgehead atoms. The fourth-order valence-electron chi connectivity index (χ4n) is 0.845. The minimum Gasteiger partial charge on any atom is -0.355 e. The van der Waals surface area contributed by atoms with Crippen LogP contribution in [0.5, 0.6) is 0 Å². The van der Waals surface area contributed by atoms with Crippen LogP contribution in [0.2, 0.25) is 0 Å². The van der Waals surface area contributed by atoms with E-state index in [1.807, 2.05) is 13.0 Å². The molecule has 0 aromatic rings. The molecular formula is C8H15N3O. The predicted octanol–water partition coefficient (Wildman–Crippen LogP) is 0.00118. The lowest BCUT2D eigenvalue weighted by Gasteiger charge is -2.10. The average Bonchev–Trinajstić information content (AvgIpc) is 2.07. The fraction of sp³-hybridized carbons (Fsp3) is 0.750. The topological polar surface area (TPSA) is 78.9 Å². The summed E-state index contributed by atoms with van der Waals surface area (Å²) in [5.74, 6) is -0.154. The van der Waals surface area contributed by atoms with Crippen molar-refractivity contribution >= 4 is 5.91 Å². The number of hydrogen-bond donors (Lipinski definition) is 2. The van der Waals surface area contributed by atoms with Crippen LogP contribution in [0.15, 0.2) is 0 Å². The van der Waals surface area contributed by atoms with Gasteiger partial charge in [0.05, 0.1) is 12.5 Å². The molecule has 0 heterocycles. The Bertz CT molecular complexity index is 170. The molecule has 1 unspecified atom stereocenters. The highest BCUT2D eigenvalue weighted by molar-refractivity contribution is 5.78. The van der Waals surface area contributed by atoms with Gasteiger partial charge in [0.15, 0.2) is 0 Å². The van der Waals surface area contributed by atoms with E-state index in [9.17, 15) is 4.79 Å². The molecule has 1 atom stereocenters. The second kappa shape index (κ2) is 6.62. The first kappa shape index (κ1) is 10.9. The number of nitrogens with one attached hydrogen (secondary N) is 1. The van der Waals surface area contributed by atoms with Gasteiger partial charge in [-0.25, -0.2) is 0 Å². The van der Waals surface area contributed by atoms with Crippen LogP contribution in [0.1, 0.15) is 19.8 Å². The van der Waals surface area contributed by atoms with Crippen LogP contribution in [0.25, 0.3) is 0 Å². The van der Waals surface area contributed by atoms with Crippen molar-refractivity contribution in [1.82, 2.24) is 5.32 Å². The predicted molar refractivity (Wildman–Crippen MR) is 46.1 cm³/mol. The zero-order valence-corrected chi connectivity index (χ0v) is 7.34. The molecule has 0 saturated heterocycles. The van der Waals surface area contributed by atoms with Crippen molar-refractivity contribution in [2.45, 2.75) is 19.8 Å². The van der Waals surface area contributed by atoms with E-state index in [0.29, 0.717) is 19.5 Å². The maximum Gasteiger partial charge on any atom is 0.224 e. The quantitative estimate of drug-likeness (QED) is 0.568. The van der Waals surface area contributed by atoms with E-state index in [1.165, 1.54) is 0 Å². The molecule has 0 saturated carbocycles. The van der Waals surface area contributed by atoms with Crippen LogP contribution in [-0.2, 0) is 4.79 Å². The molecule has 0 rings (SSSR count). The summed E-state index contributed by atoms with van der Waals surface area (Å²) in [7, 11) is 0. The number of rotatable bonds is 5. The zero-order valence-electron chi connectivity index (χ0n) is 7.34. The Morgan fingerprint density at radius 1 is 1.75 bits per heavy atom. The first-order valence-corrected chi connectivity index (χ1v) is 4.11. The summed E-state index contributed by atoms with van der Waals surface area (Å²) in [5, 5.41) is 10.9. The lowest BCUT2D eigenvalue weighted by molar-refractivity contribution is -0.124. The summed E-state index contributed by atoms with van der Waals surface area (Å²) in [6, 6.07) is 1.95. The monoisotopic (exact) mass is 169 g/mol. The highest BCUT2D eigenvalue weighted by atomic mass is 16.1. The van der Waals surface area contributed by atoms with Gasteiger partial charge >= 0.3 is 0 Å². The molecule has 4 heteroatoms. The number of nitriles is 1. The van der Waals surface area contributed by atoms with Gasteiger partial charge in [0.1, 0.15) is 0 Å². The van der Waals surface area contributed by atoms with E-state index in [2.05, 4.69) is 5.32 Å². The largest absolute Gasteiger partial charge is 0.355 e. The number of nitrogens with zero attached hydrogens (tertiary/aromatic N) is 1. The van der Waals surface area contributed by atoms with Crippen molar-refractivity contribution in [3.8, 4) is 6.07 Å². The Hall–Kier alpha value is -1.08. The average molecular weight is 169 g/mol. The van der Waals surface area contributed by atoms with Gasteiger partial charge in [-0.3, -0.25) is 4.79 Å². The Balaban J connectivity index is 3.63. The second-order valence-corrected chi connectivity index (χ2v) is 2.54. The van der Waals surface area contributed by atoms with Crippen molar-refractivity contribution < 1.29 is 4.79 Å². The van der Waals surface area contributed by atoms with Gasteiger partial charge in [-0.2, -0.15) is 5.26 Å². The smallest absolute Gasteiger partial charge is 0.224 e. The number of carbonyl (C=O) groups is 1. The third-order valence-corrected chi connectivity index (χ3v) is 1.68. The number of hydrogen-bond acceptors (Lipinski definition) is 3. The van der Waals surface area contributed by atoms with Gasteiger partial charge in [-0.05, 0) is 6.42 Å². The summed E-state index contributed by atoms with van der Waals surface area (Å²) in [5.41, 5.74) is 5.36. The Morgan fingerprint density at radius 2 is 2.42 bits per heavy atom. The van der Waals surface area contributed by atoms with Crippen LogP contribution in [0, 0.1) is 17.2 Å². The van der Waals surface area contributed by atoms with Gasteiger partial charge in [0.2, 0.25) is 5.91 Å². The molecule has 0 aliphatic carbocycles. The van der Waals surface area contributed by atoms with Gasteiger partial charge in [-0.1, -0.05) is 6.92 Å². The summed E-state index contributed by atoms with van der Waals surface area (Å²) < 4.78 is 0. The first-order valence-electron chi connectivity index (χ1n) is 4.11. The Morgan fingerprint density at radius 3 is 2.83 bits per heavy atom. The van der Waals surface area contributed by atoms with Crippen molar-refractivity contribution in [2.75, 3.05) is 13.1 Å². The van der Waals surface area contributed by atoms with E-state index in [1.54, 1.807) is 0 Å². The summed E-state index contributed by atoms with van der Waals surface area (Å²) in [6.45, 7) is 2.71. The number of carbonyl (C=O) groups excluding carboxylic acids is 1. The van der Waals surface area contributed by atoms with Gasteiger partial charge < -0.3 is 11.1 Å². The number of amides is 1. The van der Waals surface area contributed by atoms with Gasteiger partial charge in [-0.15, -0.1) is 0 Å². The molecule has 0 fully saturated rings. The zero-order chi connectivity index (χ0) is 9.40. The Kier molecular flexibility index (Phi) is 6.02. The van der Waals surface area contributed by atoms with Crippen LogP contribution in [0.4, 0.5) is 0 Å². The van der Waals surface area contributed by atoms with Crippen molar-refractivity contribution in [2.24, 2.45) is 11.7 Å². The first-order chi connectivity index (χ1) is 5.76. The fourth-order valence-corrected chi connectivity index (χ4v) is 0.845. The van der Waals surface area contributed by atoms with Crippen LogP contribution in [0.3, 0.4) is 0 Å². The van der Waals surface area contributed by atoms with Crippen molar-refractivity contribution in [3.05, 3.63) is 0 Å². The maximum atomic E-state index is 11.2. The van der Waals surface area contributed by atoms with Crippen molar-refractivity contribution in [1.29, 1.82) is 5.26 Å². The lowest BCUT2D eigenvalue weighted by atomic mass is 10.1. The summed E-state index contributed by atoms with van der Waals surface area (Å²) >= 11 is 0. The lowest BCUT2D eigenvalue weighted by Crippen LogP contribution is -2.35. The minimum absolute atomic E-state index is 0.0461. The third kappa shape index (κ3) is 3.94.